The van der Waals surface area contributed by atoms with E-state index in [1.54, 1.807) is 19.1 Å². The zero-order valence-corrected chi connectivity index (χ0v) is 12.5. The fourth-order valence-corrected chi connectivity index (χ4v) is 1.97. The van der Waals surface area contributed by atoms with E-state index in [-0.39, 0.29) is 18.3 Å². The molecular weight excluding hydrogens is 290 g/mol. The van der Waals surface area contributed by atoms with E-state index in [0.717, 1.165) is 10.5 Å². The van der Waals surface area contributed by atoms with E-state index >= 15 is 0 Å². The lowest BCUT2D eigenvalue weighted by atomic mass is 10.1. The summed E-state index contributed by atoms with van der Waals surface area (Å²) in [4.78, 5) is 27.8. The monoisotopic (exact) mass is 309 g/mol. The molecule has 0 aliphatic carbocycles. The Bertz CT molecular complexity index is 557. The normalized spacial score (nSPS) is 14.8. The number of carboxylic acid groups (broad SMARTS) is 1. The zero-order chi connectivity index (χ0) is 16.1. The lowest BCUT2D eigenvalue weighted by Crippen LogP contribution is -2.27. The van der Waals surface area contributed by atoms with E-state index in [0.29, 0.717) is 25.3 Å². The molecule has 1 aliphatic rings. The highest BCUT2D eigenvalue weighted by atomic mass is 16.7. The third kappa shape index (κ3) is 3.71. The van der Waals surface area contributed by atoms with E-state index in [1.807, 2.05) is 0 Å². The Morgan fingerprint density at radius 1 is 1.41 bits per heavy atom. The summed E-state index contributed by atoms with van der Waals surface area (Å²) in [7, 11) is 1.41. The minimum absolute atomic E-state index is 0.0778. The van der Waals surface area contributed by atoms with Crippen LogP contribution in [-0.2, 0) is 20.8 Å². The van der Waals surface area contributed by atoms with Gasteiger partial charge in [0.25, 0.3) is 0 Å². The van der Waals surface area contributed by atoms with Crippen LogP contribution in [0.2, 0.25) is 0 Å². The minimum Gasteiger partial charge on any atom is -0.465 e. The summed E-state index contributed by atoms with van der Waals surface area (Å²) in [6.07, 6.45) is -1.37. The van der Waals surface area contributed by atoms with Gasteiger partial charge in [-0.25, -0.2) is 9.78 Å². The van der Waals surface area contributed by atoms with E-state index in [2.05, 4.69) is 10.3 Å². The third-order valence-corrected chi connectivity index (χ3v) is 3.27. The van der Waals surface area contributed by atoms with Crippen LogP contribution in [0.1, 0.15) is 30.9 Å². The molecule has 8 nitrogen and oxygen atoms in total. The van der Waals surface area contributed by atoms with Gasteiger partial charge in [-0.05, 0) is 11.6 Å². The van der Waals surface area contributed by atoms with Gasteiger partial charge in [0.05, 0.1) is 13.2 Å². The molecule has 2 N–H and O–H groups in total. The molecule has 1 aromatic rings. The van der Waals surface area contributed by atoms with Crippen LogP contribution >= 0.6 is 0 Å². The lowest BCUT2D eigenvalue weighted by molar-refractivity contribution is -0.120. The molecule has 8 heteroatoms. The molecule has 0 unspecified atom stereocenters. The summed E-state index contributed by atoms with van der Waals surface area (Å²) in [5, 5.41) is 11.8. The number of hydrogen-bond acceptors (Lipinski definition) is 5. The number of pyridine rings is 1. The van der Waals surface area contributed by atoms with Crippen molar-refractivity contribution in [2.75, 3.05) is 25.2 Å². The van der Waals surface area contributed by atoms with Crippen LogP contribution in [0, 0.1) is 0 Å². The van der Waals surface area contributed by atoms with Crippen LogP contribution in [0.15, 0.2) is 12.1 Å². The highest BCUT2D eigenvalue weighted by molar-refractivity contribution is 5.84. The van der Waals surface area contributed by atoms with E-state index in [9.17, 15) is 9.59 Å². The van der Waals surface area contributed by atoms with Gasteiger partial charge in [0, 0.05) is 20.0 Å². The third-order valence-electron chi connectivity index (χ3n) is 3.27. The molecule has 2 rings (SSSR count). The second kappa shape index (κ2) is 7.19. The number of anilines is 1. The number of rotatable bonds is 5. The van der Waals surface area contributed by atoms with E-state index in [1.165, 1.54) is 7.05 Å². The molecule has 2 amide bonds. The molecule has 1 aliphatic heterocycles. The molecule has 22 heavy (non-hydrogen) atoms. The number of carbonyl (C=O) groups excluding carboxylic acids is 1. The second-order valence-corrected chi connectivity index (χ2v) is 4.76. The second-order valence-electron chi connectivity index (χ2n) is 4.76. The molecule has 0 saturated carbocycles. The summed E-state index contributed by atoms with van der Waals surface area (Å²) in [5.74, 6) is 0.193. The Labute approximate surface area is 128 Å². The predicted molar refractivity (Wildman–Crippen MR) is 77.4 cm³/mol. The van der Waals surface area contributed by atoms with Crippen molar-refractivity contribution in [3.8, 4) is 0 Å². The van der Waals surface area contributed by atoms with Gasteiger partial charge < -0.3 is 19.9 Å². The quantitative estimate of drug-likeness (QED) is 0.849. The minimum atomic E-state index is -1.11. The molecule has 0 radical (unpaired) electrons. The van der Waals surface area contributed by atoms with Gasteiger partial charge in [-0.3, -0.25) is 9.69 Å². The van der Waals surface area contributed by atoms with Crippen molar-refractivity contribution in [1.82, 2.24) is 10.3 Å². The van der Waals surface area contributed by atoms with Gasteiger partial charge in [-0.1, -0.05) is 13.0 Å². The van der Waals surface area contributed by atoms with Gasteiger partial charge in [0.2, 0.25) is 12.2 Å². The maximum absolute atomic E-state index is 11.4. The Morgan fingerprint density at radius 3 is 2.68 bits per heavy atom. The fraction of sp³-hybridized carbons (Fsp3) is 0.500. The lowest BCUT2D eigenvalue weighted by Gasteiger charge is -2.18. The largest absolute Gasteiger partial charge is 0.465 e. The first-order valence-electron chi connectivity index (χ1n) is 6.99. The van der Waals surface area contributed by atoms with Crippen LogP contribution in [-0.4, -0.2) is 42.4 Å². The summed E-state index contributed by atoms with van der Waals surface area (Å²) < 4.78 is 10.9. The summed E-state index contributed by atoms with van der Waals surface area (Å²) in [5.41, 5.74) is 1.22. The highest BCUT2D eigenvalue weighted by Gasteiger charge is 2.24. The fourth-order valence-electron chi connectivity index (χ4n) is 1.97. The average molecular weight is 309 g/mol. The Kier molecular flexibility index (Phi) is 5.29. The number of nitrogens with one attached hydrogen (secondary N) is 1. The zero-order valence-electron chi connectivity index (χ0n) is 12.5. The van der Waals surface area contributed by atoms with E-state index in [4.69, 9.17) is 14.6 Å². The smallest absolute Gasteiger partial charge is 0.412 e. The maximum atomic E-state index is 11.4. The number of ether oxygens (including phenoxy) is 2. The topological polar surface area (TPSA) is 101 Å². The molecule has 1 saturated heterocycles. The van der Waals surface area contributed by atoms with E-state index < -0.39 is 12.4 Å². The van der Waals surface area contributed by atoms with Gasteiger partial charge in [-0.2, -0.15) is 0 Å². The van der Waals surface area contributed by atoms with Crippen LogP contribution in [0.3, 0.4) is 0 Å². The number of hydrogen-bond donors (Lipinski definition) is 2. The Hall–Kier alpha value is -2.19. The standard InChI is InChI=1S/C14H19N3O5/c1-3-11(18)15-8-9-4-5-10(17(2)14(19)20)16-12(9)13-21-6-7-22-13/h4-5,13H,3,6-8H2,1-2H3,(H,15,18)(H,19,20). The molecule has 2 heterocycles. The Morgan fingerprint density at radius 2 is 2.09 bits per heavy atom. The van der Waals surface area contributed by atoms with Crippen LogP contribution in [0.5, 0.6) is 0 Å². The van der Waals surface area contributed by atoms with Crippen LogP contribution in [0.25, 0.3) is 0 Å². The van der Waals surface area contributed by atoms with Gasteiger partial charge in [-0.15, -0.1) is 0 Å². The van der Waals surface area contributed by atoms with Crippen LogP contribution < -0.4 is 10.2 Å². The summed E-state index contributed by atoms with van der Waals surface area (Å²) >= 11 is 0. The predicted octanol–water partition coefficient (Wildman–Crippen LogP) is 1.27. The number of nitrogens with zero attached hydrogens (tertiary/aromatic N) is 2. The van der Waals surface area contributed by atoms with Gasteiger partial charge >= 0.3 is 6.09 Å². The highest BCUT2D eigenvalue weighted by Crippen LogP contribution is 2.27. The first-order chi connectivity index (χ1) is 10.5. The number of aromatic nitrogens is 1. The molecule has 1 aromatic heterocycles. The van der Waals surface area contributed by atoms with Crippen molar-refractivity contribution in [1.29, 1.82) is 0 Å². The summed E-state index contributed by atoms with van der Waals surface area (Å²) in [6, 6.07) is 3.30. The number of carbonyl (C=O) groups is 2. The Balaban J connectivity index is 2.27. The first-order valence-corrected chi connectivity index (χ1v) is 6.99. The molecule has 0 atom stereocenters. The summed E-state index contributed by atoms with van der Waals surface area (Å²) in [6.45, 7) is 2.95. The van der Waals surface area contributed by atoms with Gasteiger partial charge in [0.15, 0.2) is 0 Å². The molecule has 120 valence electrons. The van der Waals surface area contributed by atoms with Crippen molar-refractivity contribution in [3.63, 3.8) is 0 Å². The molecular formula is C14H19N3O5. The molecule has 0 aromatic carbocycles. The average Bonchev–Trinajstić information content (AvgIpc) is 3.05. The first kappa shape index (κ1) is 16.2. The van der Waals surface area contributed by atoms with Crippen molar-refractivity contribution in [2.24, 2.45) is 0 Å². The van der Waals surface area contributed by atoms with Crippen molar-refractivity contribution in [3.05, 3.63) is 23.4 Å². The molecule has 0 spiro atoms. The number of amides is 2. The van der Waals surface area contributed by atoms with Crippen molar-refractivity contribution < 1.29 is 24.2 Å². The van der Waals surface area contributed by atoms with Crippen molar-refractivity contribution >= 4 is 17.8 Å². The van der Waals surface area contributed by atoms with Crippen molar-refractivity contribution in [2.45, 2.75) is 26.2 Å². The van der Waals surface area contributed by atoms with Gasteiger partial charge in [0.1, 0.15) is 11.5 Å². The van der Waals surface area contributed by atoms with Crippen LogP contribution in [0.4, 0.5) is 10.6 Å². The maximum Gasteiger partial charge on any atom is 0.412 e. The molecule has 1 fully saturated rings. The molecule has 0 bridgehead atoms. The SMILES string of the molecule is CCC(=O)NCc1ccc(N(C)C(=O)O)nc1C1OCCO1.